The third-order valence-corrected chi connectivity index (χ3v) is 5.59. The number of aromatic nitrogens is 2. The van der Waals surface area contributed by atoms with Gasteiger partial charge in [0.2, 0.25) is 0 Å². The fourth-order valence-corrected chi connectivity index (χ4v) is 4.10. The molecule has 0 atom stereocenters. The number of hydrogen-bond acceptors (Lipinski definition) is 6. The number of oxazole rings is 1. The molecule has 4 rings (SSSR count). The van der Waals surface area contributed by atoms with E-state index in [-0.39, 0.29) is 0 Å². The summed E-state index contributed by atoms with van der Waals surface area (Å²) in [7, 11) is 1.52. The van der Waals surface area contributed by atoms with E-state index in [4.69, 9.17) is 9.15 Å². The lowest BCUT2D eigenvalue weighted by Gasteiger charge is -2.30. The van der Waals surface area contributed by atoms with E-state index in [9.17, 15) is 9.59 Å². The number of benzene rings is 1. The normalized spacial score (nSPS) is 14.7. The van der Waals surface area contributed by atoms with Gasteiger partial charge in [-0.2, -0.15) is 0 Å². The maximum absolute atomic E-state index is 12.7. The number of hydrogen-bond donors (Lipinski definition) is 2. The Kier molecular flexibility index (Phi) is 5.97. The Labute approximate surface area is 180 Å². The lowest BCUT2D eigenvalue weighted by Crippen LogP contribution is -2.51. The minimum atomic E-state index is -0.713. The zero-order valence-corrected chi connectivity index (χ0v) is 17.3. The van der Waals surface area contributed by atoms with Gasteiger partial charge in [0.1, 0.15) is 5.75 Å². The van der Waals surface area contributed by atoms with Crippen LogP contribution in [0.2, 0.25) is 0 Å². The molecule has 2 aromatic heterocycles. The van der Waals surface area contributed by atoms with Crippen molar-refractivity contribution in [1.29, 1.82) is 0 Å². The summed E-state index contributed by atoms with van der Waals surface area (Å²) in [4.78, 5) is 33.3. The van der Waals surface area contributed by atoms with Crippen LogP contribution >= 0.6 is 0 Å². The molecule has 160 valence electrons. The summed E-state index contributed by atoms with van der Waals surface area (Å²) in [6.07, 6.45) is 10.8. The highest BCUT2D eigenvalue weighted by atomic mass is 16.5. The van der Waals surface area contributed by atoms with Crippen molar-refractivity contribution in [2.24, 2.45) is 0 Å². The molecule has 0 spiro atoms. The van der Waals surface area contributed by atoms with Gasteiger partial charge in [-0.3, -0.25) is 14.6 Å². The van der Waals surface area contributed by atoms with Crippen LogP contribution in [0.1, 0.15) is 31.2 Å². The molecule has 1 saturated carbocycles. The average molecular weight is 420 g/mol. The molecular weight excluding hydrogens is 396 g/mol. The highest BCUT2D eigenvalue weighted by Gasteiger charge is 2.36. The van der Waals surface area contributed by atoms with Crippen LogP contribution in [0.4, 0.5) is 5.69 Å². The van der Waals surface area contributed by atoms with Crippen LogP contribution in [0.25, 0.3) is 11.3 Å². The molecule has 3 aromatic rings. The number of rotatable bonds is 6. The number of nitrogens with zero attached hydrogens (tertiary/aromatic N) is 2. The fraction of sp³-hybridized carbons (Fsp3) is 0.304. The molecule has 1 aliphatic rings. The van der Waals surface area contributed by atoms with Gasteiger partial charge < -0.3 is 19.8 Å². The first-order valence-corrected chi connectivity index (χ1v) is 10.2. The standard InChI is InChI=1S/C23H24N4O4/c1-30-19-12-17(4-5-18(19)20-14-25-15-31-20)26-21(28)22(29)27-23(8-2-3-9-23)13-16-6-10-24-11-7-16/h4-7,10-12,14-15H,2-3,8-9,13H2,1H3,(H,26,28)(H,27,29). The average Bonchev–Trinajstić information content (AvgIpc) is 3.47. The van der Waals surface area contributed by atoms with Crippen molar-refractivity contribution in [2.45, 2.75) is 37.6 Å². The Morgan fingerprint density at radius 2 is 1.87 bits per heavy atom. The van der Waals surface area contributed by atoms with E-state index in [1.165, 1.54) is 13.5 Å². The molecule has 8 heteroatoms. The summed E-state index contributed by atoms with van der Waals surface area (Å²) in [6, 6.07) is 8.96. The fourth-order valence-electron chi connectivity index (χ4n) is 4.10. The summed E-state index contributed by atoms with van der Waals surface area (Å²) in [5.74, 6) is -0.309. The molecule has 2 heterocycles. The Hall–Kier alpha value is -3.68. The Morgan fingerprint density at radius 1 is 1.10 bits per heavy atom. The maximum atomic E-state index is 12.7. The molecule has 0 radical (unpaired) electrons. The zero-order valence-electron chi connectivity index (χ0n) is 17.3. The minimum absolute atomic E-state index is 0.413. The van der Waals surface area contributed by atoms with Crippen LogP contribution < -0.4 is 15.4 Å². The first-order chi connectivity index (χ1) is 15.1. The van der Waals surface area contributed by atoms with E-state index in [0.717, 1.165) is 31.2 Å². The second kappa shape index (κ2) is 8.99. The van der Waals surface area contributed by atoms with E-state index in [1.807, 2.05) is 12.1 Å². The van der Waals surface area contributed by atoms with Crippen LogP contribution in [-0.4, -0.2) is 34.4 Å². The third-order valence-electron chi connectivity index (χ3n) is 5.59. The smallest absolute Gasteiger partial charge is 0.313 e. The molecular formula is C23H24N4O4. The van der Waals surface area contributed by atoms with Gasteiger partial charge in [0.25, 0.3) is 0 Å². The highest BCUT2D eigenvalue weighted by Crippen LogP contribution is 2.34. The number of anilines is 1. The molecule has 2 amide bonds. The highest BCUT2D eigenvalue weighted by molar-refractivity contribution is 6.39. The molecule has 1 aliphatic carbocycles. The molecule has 2 N–H and O–H groups in total. The van der Waals surface area contributed by atoms with Gasteiger partial charge in [0.15, 0.2) is 12.2 Å². The second-order valence-electron chi connectivity index (χ2n) is 7.71. The van der Waals surface area contributed by atoms with Crippen molar-refractivity contribution >= 4 is 17.5 Å². The van der Waals surface area contributed by atoms with E-state index in [2.05, 4.69) is 20.6 Å². The molecule has 1 fully saturated rings. The van der Waals surface area contributed by atoms with E-state index >= 15 is 0 Å². The van der Waals surface area contributed by atoms with Crippen molar-refractivity contribution in [3.05, 3.63) is 60.9 Å². The Balaban J connectivity index is 1.45. The van der Waals surface area contributed by atoms with Crippen LogP contribution in [-0.2, 0) is 16.0 Å². The van der Waals surface area contributed by atoms with Crippen molar-refractivity contribution in [1.82, 2.24) is 15.3 Å². The van der Waals surface area contributed by atoms with Gasteiger partial charge in [-0.1, -0.05) is 12.8 Å². The molecule has 1 aromatic carbocycles. The Bertz CT molecular complexity index is 1040. The van der Waals surface area contributed by atoms with Gasteiger partial charge in [0.05, 0.1) is 18.9 Å². The van der Waals surface area contributed by atoms with E-state index in [0.29, 0.717) is 29.2 Å². The number of carbonyl (C=O) groups is 2. The number of carbonyl (C=O) groups excluding carboxylic acids is 2. The Morgan fingerprint density at radius 3 is 2.55 bits per heavy atom. The topological polar surface area (TPSA) is 106 Å². The molecule has 31 heavy (non-hydrogen) atoms. The molecule has 0 bridgehead atoms. The quantitative estimate of drug-likeness (QED) is 0.593. The maximum Gasteiger partial charge on any atom is 0.313 e. The van der Waals surface area contributed by atoms with Crippen molar-refractivity contribution in [2.75, 3.05) is 12.4 Å². The number of amides is 2. The van der Waals surface area contributed by atoms with Gasteiger partial charge in [-0.25, -0.2) is 4.98 Å². The number of methoxy groups -OCH3 is 1. The number of nitrogens with one attached hydrogen (secondary N) is 2. The third kappa shape index (κ3) is 4.74. The summed E-state index contributed by atoms with van der Waals surface area (Å²) in [5, 5.41) is 5.65. The monoisotopic (exact) mass is 420 g/mol. The van der Waals surface area contributed by atoms with Crippen LogP contribution in [0.15, 0.2) is 59.7 Å². The predicted molar refractivity (Wildman–Crippen MR) is 114 cm³/mol. The predicted octanol–water partition coefficient (Wildman–Crippen LogP) is 3.36. The van der Waals surface area contributed by atoms with Crippen LogP contribution in [0.3, 0.4) is 0 Å². The lowest BCUT2D eigenvalue weighted by molar-refractivity contribution is -0.137. The van der Waals surface area contributed by atoms with Gasteiger partial charge in [-0.15, -0.1) is 0 Å². The summed E-state index contributed by atoms with van der Waals surface area (Å²) in [6.45, 7) is 0. The van der Waals surface area contributed by atoms with Gasteiger partial charge in [-0.05, 0) is 49.1 Å². The largest absolute Gasteiger partial charge is 0.496 e. The molecule has 0 unspecified atom stereocenters. The molecule has 8 nitrogen and oxygen atoms in total. The van der Waals surface area contributed by atoms with E-state index < -0.39 is 17.4 Å². The van der Waals surface area contributed by atoms with Crippen LogP contribution in [0.5, 0.6) is 5.75 Å². The van der Waals surface area contributed by atoms with Crippen molar-refractivity contribution in [3.8, 4) is 17.1 Å². The lowest BCUT2D eigenvalue weighted by atomic mass is 9.89. The molecule has 0 aliphatic heterocycles. The SMILES string of the molecule is COc1cc(NC(=O)C(=O)NC2(Cc3ccncc3)CCCC2)ccc1-c1cnco1. The van der Waals surface area contributed by atoms with E-state index in [1.54, 1.807) is 36.8 Å². The van der Waals surface area contributed by atoms with Crippen molar-refractivity contribution < 1.29 is 18.7 Å². The van der Waals surface area contributed by atoms with Gasteiger partial charge >= 0.3 is 11.8 Å². The second-order valence-corrected chi connectivity index (χ2v) is 7.71. The number of ether oxygens (including phenoxy) is 1. The summed E-state index contributed by atoms with van der Waals surface area (Å²) < 4.78 is 10.7. The minimum Gasteiger partial charge on any atom is -0.496 e. The summed E-state index contributed by atoms with van der Waals surface area (Å²) in [5.41, 5.74) is 1.83. The van der Waals surface area contributed by atoms with Crippen molar-refractivity contribution in [3.63, 3.8) is 0 Å². The number of pyridine rings is 1. The first kappa shape index (κ1) is 20.6. The zero-order chi connectivity index (χ0) is 21.7. The van der Waals surface area contributed by atoms with Crippen LogP contribution in [0, 0.1) is 0 Å². The first-order valence-electron chi connectivity index (χ1n) is 10.2. The molecule has 0 saturated heterocycles. The van der Waals surface area contributed by atoms with Gasteiger partial charge in [0, 0.05) is 29.7 Å². The summed E-state index contributed by atoms with van der Waals surface area (Å²) >= 11 is 0.